The average Bonchev–Trinajstić information content (AvgIpc) is 2.45. The predicted octanol–water partition coefficient (Wildman–Crippen LogP) is 2.60. The summed E-state index contributed by atoms with van der Waals surface area (Å²) in [6, 6.07) is 8.06. The van der Waals surface area contributed by atoms with E-state index in [0.717, 1.165) is 24.8 Å². The van der Waals surface area contributed by atoms with Crippen molar-refractivity contribution in [3.05, 3.63) is 29.8 Å². The molecule has 1 aliphatic rings. The fourth-order valence-corrected chi connectivity index (χ4v) is 2.33. The Balaban J connectivity index is 1.62. The normalized spacial score (nSPS) is 19.7. The van der Waals surface area contributed by atoms with Gasteiger partial charge in [-0.3, -0.25) is 0 Å². The van der Waals surface area contributed by atoms with E-state index in [1.807, 2.05) is 12.1 Å². The van der Waals surface area contributed by atoms with E-state index in [1.165, 1.54) is 31.4 Å². The second kappa shape index (κ2) is 7.39. The highest BCUT2D eigenvalue weighted by Crippen LogP contribution is 2.15. The van der Waals surface area contributed by atoms with Crippen molar-refractivity contribution in [2.24, 2.45) is 5.92 Å². The Bertz CT molecular complexity index is 331. The minimum Gasteiger partial charge on any atom is -0.497 e. The summed E-state index contributed by atoms with van der Waals surface area (Å²) in [5.74, 6) is 1.70. The summed E-state index contributed by atoms with van der Waals surface area (Å²) in [6.07, 6.45) is 3.82. The Labute approximate surface area is 109 Å². The molecule has 1 saturated heterocycles. The second-order valence-corrected chi connectivity index (χ2v) is 4.90. The van der Waals surface area contributed by atoms with Gasteiger partial charge < -0.3 is 14.8 Å². The molecule has 3 nitrogen and oxygen atoms in total. The minimum absolute atomic E-state index is 0.699. The molecule has 0 amide bonds. The molecule has 1 aromatic carbocycles. The molecule has 0 aliphatic carbocycles. The fourth-order valence-electron chi connectivity index (χ4n) is 2.33. The van der Waals surface area contributed by atoms with E-state index < -0.39 is 0 Å². The summed E-state index contributed by atoms with van der Waals surface area (Å²) < 4.78 is 10.9. The third-order valence-corrected chi connectivity index (χ3v) is 3.50. The lowest BCUT2D eigenvalue weighted by Gasteiger charge is -2.22. The van der Waals surface area contributed by atoms with E-state index in [9.17, 15) is 0 Å². The first-order valence-electron chi connectivity index (χ1n) is 6.80. The zero-order chi connectivity index (χ0) is 12.6. The lowest BCUT2D eigenvalue weighted by atomic mass is 9.97. The summed E-state index contributed by atoms with van der Waals surface area (Å²) in [7, 11) is 1.68. The first-order chi connectivity index (χ1) is 8.88. The highest BCUT2D eigenvalue weighted by molar-refractivity contribution is 5.26. The van der Waals surface area contributed by atoms with Gasteiger partial charge in [-0.2, -0.15) is 0 Å². The van der Waals surface area contributed by atoms with E-state index in [4.69, 9.17) is 9.47 Å². The Morgan fingerprint density at radius 1 is 1.28 bits per heavy atom. The zero-order valence-electron chi connectivity index (χ0n) is 11.2. The third kappa shape index (κ3) is 4.31. The van der Waals surface area contributed by atoms with Crippen LogP contribution in [0.5, 0.6) is 5.75 Å². The molecule has 18 heavy (non-hydrogen) atoms. The molecule has 1 aliphatic heterocycles. The highest BCUT2D eigenvalue weighted by Gasteiger charge is 2.12. The molecule has 1 heterocycles. The number of hydrogen-bond acceptors (Lipinski definition) is 3. The lowest BCUT2D eigenvalue weighted by Crippen LogP contribution is -2.30. The first-order valence-corrected chi connectivity index (χ1v) is 6.80. The van der Waals surface area contributed by atoms with E-state index in [1.54, 1.807) is 7.11 Å². The van der Waals surface area contributed by atoms with Crippen LogP contribution in [0.1, 0.15) is 24.8 Å². The van der Waals surface area contributed by atoms with Crippen molar-refractivity contribution in [3.8, 4) is 5.75 Å². The number of piperidine rings is 1. The summed E-state index contributed by atoms with van der Waals surface area (Å²) in [4.78, 5) is 0. The topological polar surface area (TPSA) is 30.5 Å². The molecule has 0 spiro atoms. The van der Waals surface area contributed by atoms with Crippen LogP contribution in [0.15, 0.2) is 24.3 Å². The van der Waals surface area contributed by atoms with E-state index in [2.05, 4.69) is 17.4 Å². The Hall–Kier alpha value is -1.06. The van der Waals surface area contributed by atoms with Gasteiger partial charge in [-0.25, -0.2) is 0 Å². The summed E-state index contributed by atoms with van der Waals surface area (Å²) >= 11 is 0. The van der Waals surface area contributed by atoms with Crippen LogP contribution in [0.4, 0.5) is 0 Å². The number of methoxy groups -OCH3 is 1. The van der Waals surface area contributed by atoms with Crippen molar-refractivity contribution < 1.29 is 9.47 Å². The molecule has 1 N–H and O–H groups in total. The maximum Gasteiger partial charge on any atom is 0.118 e. The molecule has 0 radical (unpaired) electrons. The SMILES string of the molecule is COc1ccc(COCC[C@@H]2CCCNC2)cc1. The number of rotatable bonds is 6. The zero-order valence-corrected chi connectivity index (χ0v) is 11.2. The van der Waals surface area contributed by atoms with Crippen molar-refractivity contribution >= 4 is 0 Å². The first kappa shape index (κ1) is 13.4. The molecule has 0 aromatic heterocycles. The average molecular weight is 249 g/mol. The maximum atomic E-state index is 5.73. The minimum atomic E-state index is 0.699. The smallest absolute Gasteiger partial charge is 0.118 e. The van der Waals surface area contributed by atoms with Crippen LogP contribution in [-0.2, 0) is 11.3 Å². The van der Waals surface area contributed by atoms with Crippen LogP contribution >= 0.6 is 0 Å². The second-order valence-electron chi connectivity index (χ2n) is 4.90. The molecular weight excluding hydrogens is 226 g/mol. The van der Waals surface area contributed by atoms with Gasteiger partial charge in [0.1, 0.15) is 5.75 Å². The predicted molar refractivity (Wildman–Crippen MR) is 72.9 cm³/mol. The molecule has 1 atom stereocenters. The number of nitrogens with one attached hydrogen (secondary N) is 1. The fraction of sp³-hybridized carbons (Fsp3) is 0.600. The quantitative estimate of drug-likeness (QED) is 0.786. The van der Waals surface area contributed by atoms with Crippen molar-refractivity contribution in [3.63, 3.8) is 0 Å². The van der Waals surface area contributed by atoms with Gasteiger partial charge >= 0.3 is 0 Å². The van der Waals surface area contributed by atoms with E-state index in [0.29, 0.717) is 6.61 Å². The molecule has 1 fully saturated rings. The molecular formula is C15H23NO2. The Morgan fingerprint density at radius 3 is 2.78 bits per heavy atom. The molecule has 0 unspecified atom stereocenters. The van der Waals surface area contributed by atoms with Crippen LogP contribution < -0.4 is 10.1 Å². The Morgan fingerprint density at radius 2 is 2.11 bits per heavy atom. The summed E-state index contributed by atoms with van der Waals surface area (Å²) in [5.41, 5.74) is 1.21. The molecule has 1 aromatic rings. The molecule has 2 rings (SSSR count). The van der Waals surface area contributed by atoms with Crippen LogP contribution in [0.2, 0.25) is 0 Å². The van der Waals surface area contributed by atoms with Crippen molar-refractivity contribution in [2.75, 3.05) is 26.8 Å². The highest BCUT2D eigenvalue weighted by atomic mass is 16.5. The van der Waals surface area contributed by atoms with Gasteiger partial charge in [0.15, 0.2) is 0 Å². The molecule has 0 bridgehead atoms. The van der Waals surface area contributed by atoms with Crippen LogP contribution in [0, 0.1) is 5.92 Å². The van der Waals surface area contributed by atoms with Crippen LogP contribution in [0.3, 0.4) is 0 Å². The van der Waals surface area contributed by atoms with Gasteiger partial charge in [0.2, 0.25) is 0 Å². The lowest BCUT2D eigenvalue weighted by molar-refractivity contribution is 0.103. The van der Waals surface area contributed by atoms with Gasteiger partial charge in [-0.05, 0) is 56.0 Å². The monoisotopic (exact) mass is 249 g/mol. The van der Waals surface area contributed by atoms with Crippen molar-refractivity contribution in [1.82, 2.24) is 5.32 Å². The number of benzene rings is 1. The van der Waals surface area contributed by atoms with Gasteiger partial charge in [-0.1, -0.05) is 12.1 Å². The standard InChI is InChI=1S/C15H23NO2/c1-17-15-6-4-14(5-7-15)12-18-10-8-13-3-2-9-16-11-13/h4-7,13,16H,2-3,8-12H2,1H3/t13-/m0/s1. The van der Waals surface area contributed by atoms with Gasteiger partial charge in [0, 0.05) is 6.61 Å². The van der Waals surface area contributed by atoms with Crippen molar-refractivity contribution in [1.29, 1.82) is 0 Å². The third-order valence-electron chi connectivity index (χ3n) is 3.50. The largest absolute Gasteiger partial charge is 0.497 e. The van der Waals surface area contributed by atoms with Crippen LogP contribution in [0.25, 0.3) is 0 Å². The molecule has 100 valence electrons. The summed E-state index contributed by atoms with van der Waals surface area (Å²) in [6.45, 7) is 3.90. The number of hydrogen-bond donors (Lipinski definition) is 1. The number of ether oxygens (including phenoxy) is 2. The van der Waals surface area contributed by atoms with Gasteiger partial charge in [0.25, 0.3) is 0 Å². The molecule has 3 heteroatoms. The van der Waals surface area contributed by atoms with E-state index >= 15 is 0 Å². The summed E-state index contributed by atoms with van der Waals surface area (Å²) in [5, 5.41) is 3.44. The van der Waals surface area contributed by atoms with Gasteiger partial charge in [-0.15, -0.1) is 0 Å². The maximum absolute atomic E-state index is 5.73. The van der Waals surface area contributed by atoms with Crippen LogP contribution in [-0.4, -0.2) is 26.8 Å². The molecule has 0 saturated carbocycles. The van der Waals surface area contributed by atoms with Crippen molar-refractivity contribution in [2.45, 2.75) is 25.9 Å². The van der Waals surface area contributed by atoms with E-state index in [-0.39, 0.29) is 0 Å². The van der Waals surface area contributed by atoms with Gasteiger partial charge in [0.05, 0.1) is 13.7 Å². The Kier molecular flexibility index (Phi) is 5.49.